The van der Waals surface area contributed by atoms with Crippen LogP contribution in [0.3, 0.4) is 0 Å². The highest BCUT2D eigenvalue weighted by atomic mass is 32.2. The van der Waals surface area contributed by atoms with Crippen LogP contribution in [0.2, 0.25) is 0 Å². The van der Waals surface area contributed by atoms with Gasteiger partial charge < -0.3 is 10.2 Å². The van der Waals surface area contributed by atoms with E-state index in [4.69, 9.17) is 4.99 Å². The van der Waals surface area contributed by atoms with Gasteiger partial charge in [0.25, 0.3) is 5.91 Å². The zero-order valence-electron chi connectivity index (χ0n) is 17.7. The average Bonchev–Trinajstić information content (AvgIpc) is 2.98. The average molecular weight is 423 g/mol. The van der Waals surface area contributed by atoms with Crippen molar-refractivity contribution in [1.82, 2.24) is 9.80 Å². The molecule has 3 rings (SSSR count). The molecule has 2 aromatic rings. The minimum Gasteiger partial charge on any atom is -0.384 e. The normalized spacial score (nSPS) is 16.4. The lowest BCUT2D eigenvalue weighted by atomic mass is 10.1. The molecule has 0 radical (unpaired) electrons. The number of ketones is 1. The van der Waals surface area contributed by atoms with E-state index in [1.165, 1.54) is 18.7 Å². The second-order valence-electron chi connectivity index (χ2n) is 7.15. The molecule has 1 aliphatic heterocycles. The van der Waals surface area contributed by atoms with E-state index in [1.807, 2.05) is 68.5 Å². The molecule has 1 N–H and O–H groups in total. The van der Waals surface area contributed by atoms with E-state index in [9.17, 15) is 9.59 Å². The molecule has 0 spiro atoms. The number of nitrogens with one attached hydrogen (secondary N) is 1. The fourth-order valence-electron chi connectivity index (χ4n) is 3.01. The second-order valence-corrected chi connectivity index (χ2v) is 8.16. The Morgan fingerprint density at radius 1 is 1.20 bits per heavy atom. The van der Waals surface area contributed by atoms with Crippen molar-refractivity contribution in [2.75, 3.05) is 26.0 Å². The monoisotopic (exact) mass is 422 g/mol. The summed E-state index contributed by atoms with van der Waals surface area (Å²) in [5, 5.41) is 3.88. The highest BCUT2D eigenvalue weighted by molar-refractivity contribution is 8.18. The van der Waals surface area contributed by atoms with Crippen molar-refractivity contribution in [3.63, 3.8) is 0 Å². The maximum absolute atomic E-state index is 13.1. The van der Waals surface area contributed by atoms with E-state index in [2.05, 4.69) is 5.32 Å². The van der Waals surface area contributed by atoms with Gasteiger partial charge in [-0.15, -0.1) is 0 Å². The highest BCUT2D eigenvalue weighted by Gasteiger charge is 2.34. The first-order valence-electron chi connectivity index (χ1n) is 9.78. The molecule has 0 unspecified atom stereocenters. The maximum atomic E-state index is 13.1. The van der Waals surface area contributed by atoms with Gasteiger partial charge in [0, 0.05) is 32.4 Å². The number of carbonyl (C=O) groups is 2. The molecule has 0 atom stereocenters. The number of thioether (sulfide) groups is 1. The van der Waals surface area contributed by atoms with Crippen LogP contribution in [0.1, 0.15) is 29.8 Å². The van der Waals surface area contributed by atoms with Gasteiger partial charge in [-0.05, 0) is 49.4 Å². The van der Waals surface area contributed by atoms with Crippen molar-refractivity contribution in [2.45, 2.75) is 20.4 Å². The van der Waals surface area contributed by atoms with E-state index < -0.39 is 0 Å². The van der Waals surface area contributed by atoms with E-state index in [-0.39, 0.29) is 11.7 Å². The number of amidine groups is 1. The summed E-state index contributed by atoms with van der Waals surface area (Å²) in [5.74, 6) is -0.104. The Morgan fingerprint density at radius 2 is 1.93 bits per heavy atom. The molecule has 0 aromatic heterocycles. The Kier molecular flexibility index (Phi) is 6.95. The molecule has 0 saturated carbocycles. The lowest BCUT2D eigenvalue weighted by Gasteiger charge is -2.17. The molecule has 7 heteroatoms. The third-order valence-electron chi connectivity index (χ3n) is 4.43. The first-order chi connectivity index (χ1) is 14.4. The molecule has 30 heavy (non-hydrogen) atoms. The topological polar surface area (TPSA) is 65.0 Å². The van der Waals surface area contributed by atoms with Crippen LogP contribution in [0.15, 0.2) is 64.6 Å². The molecule has 156 valence electrons. The third kappa shape index (κ3) is 5.10. The van der Waals surface area contributed by atoms with Gasteiger partial charge >= 0.3 is 0 Å². The Balaban J connectivity index is 2.05. The molecule has 6 nitrogen and oxygen atoms in total. The minimum atomic E-state index is -0.0796. The maximum Gasteiger partial charge on any atom is 0.268 e. The summed E-state index contributed by atoms with van der Waals surface area (Å²) in [6.45, 7) is 4.69. The summed E-state index contributed by atoms with van der Waals surface area (Å²) in [6, 6.07) is 15.3. The third-order valence-corrected chi connectivity index (χ3v) is 5.43. The fourth-order valence-corrected chi connectivity index (χ4v) is 4.07. The summed E-state index contributed by atoms with van der Waals surface area (Å²) in [7, 11) is 3.77. The minimum absolute atomic E-state index is 0.0241. The number of benzene rings is 2. The number of rotatable bonds is 7. The smallest absolute Gasteiger partial charge is 0.268 e. The Bertz CT molecular complexity index is 1000. The van der Waals surface area contributed by atoms with Gasteiger partial charge in [0.2, 0.25) is 0 Å². The summed E-state index contributed by atoms with van der Waals surface area (Å²) >= 11 is 1.34. The number of aliphatic imine (C=N–C) groups is 1. The van der Waals surface area contributed by atoms with E-state index in [0.29, 0.717) is 27.9 Å². The van der Waals surface area contributed by atoms with Gasteiger partial charge in [-0.2, -0.15) is 0 Å². The van der Waals surface area contributed by atoms with Crippen LogP contribution in [0.5, 0.6) is 0 Å². The molecule has 1 saturated heterocycles. The van der Waals surface area contributed by atoms with Crippen molar-refractivity contribution in [1.29, 1.82) is 0 Å². The van der Waals surface area contributed by atoms with Crippen LogP contribution in [-0.2, 0) is 11.3 Å². The van der Waals surface area contributed by atoms with Crippen LogP contribution in [0, 0.1) is 0 Å². The van der Waals surface area contributed by atoms with Gasteiger partial charge in [0.05, 0.1) is 22.8 Å². The summed E-state index contributed by atoms with van der Waals surface area (Å²) in [5.41, 5.74) is 3.08. The number of anilines is 1. The van der Waals surface area contributed by atoms with Crippen LogP contribution < -0.4 is 5.32 Å². The standard InChI is InChI=1S/C23H26N4O2S/c1-5-24-19-12-11-18(16(2)28)13-20(19)25-23-27(14-17-9-7-6-8-10-17)22(29)21(30-23)15-26(3)4/h6-13,15,24H,5,14H2,1-4H3. The number of Topliss-reactive ketones (excluding diaryl/α,β-unsaturated/α-hetero) is 1. The molecule has 1 aliphatic rings. The zero-order chi connectivity index (χ0) is 21.7. The summed E-state index contributed by atoms with van der Waals surface area (Å²) in [4.78, 5) is 33.9. The van der Waals surface area contributed by atoms with Crippen LogP contribution in [0.4, 0.5) is 11.4 Å². The lowest BCUT2D eigenvalue weighted by Crippen LogP contribution is -2.28. The first kappa shape index (κ1) is 21.6. The van der Waals surface area contributed by atoms with Gasteiger partial charge in [-0.1, -0.05) is 30.3 Å². The van der Waals surface area contributed by atoms with Crippen molar-refractivity contribution in [2.24, 2.45) is 4.99 Å². The molecule has 1 amide bonds. The number of hydrogen-bond acceptors (Lipinski definition) is 6. The predicted molar refractivity (Wildman–Crippen MR) is 124 cm³/mol. The van der Waals surface area contributed by atoms with Gasteiger partial charge in [-0.3, -0.25) is 14.5 Å². The van der Waals surface area contributed by atoms with Gasteiger partial charge in [0.15, 0.2) is 11.0 Å². The predicted octanol–water partition coefficient (Wildman–Crippen LogP) is 4.49. The van der Waals surface area contributed by atoms with Crippen molar-refractivity contribution in [3.05, 3.63) is 70.8 Å². The quantitative estimate of drug-likeness (QED) is 0.526. The molecular formula is C23H26N4O2S. The lowest BCUT2D eigenvalue weighted by molar-refractivity contribution is -0.122. The van der Waals surface area contributed by atoms with Crippen molar-refractivity contribution >= 4 is 40.0 Å². The first-order valence-corrected chi connectivity index (χ1v) is 10.6. The SMILES string of the molecule is CCNc1ccc(C(C)=O)cc1N=C1SC(=CN(C)C)C(=O)N1Cc1ccccc1. The second kappa shape index (κ2) is 9.63. The molecular weight excluding hydrogens is 396 g/mol. The number of nitrogens with zero attached hydrogens (tertiary/aromatic N) is 3. The fraction of sp³-hybridized carbons (Fsp3) is 0.261. The Morgan fingerprint density at radius 3 is 2.57 bits per heavy atom. The Labute approximate surface area is 181 Å². The molecule has 1 fully saturated rings. The van der Waals surface area contributed by atoms with E-state index >= 15 is 0 Å². The number of amides is 1. The molecule has 1 heterocycles. The van der Waals surface area contributed by atoms with Crippen LogP contribution in [-0.4, -0.2) is 47.3 Å². The Hall–Kier alpha value is -3.06. The van der Waals surface area contributed by atoms with Crippen LogP contribution in [0.25, 0.3) is 0 Å². The number of carbonyl (C=O) groups excluding carboxylic acids is 2. The molecule has 0 bridgehead atoms. The molecule has 2 aromatic carbocycles. The van der Waals surface area contributed by atoms with Crippen LogP contribution >= 0.6 is 11.8 Å². The van der Waals surface area contributed by atoms with E-state index in [1.54, 1.807) is 17.0 Å². The van der Waals surface area contributed by atoms with Gasteiger partial charge in [0.1, 0.15) is 0 Å². The van der Waals surface area contributed by atoms with Gasteiger partial charge in [-0.25, -0.2) is 4.99 Å². The van der Waals surface area contributed by atoms with E-state index in [0.717, 1.165) is 17.8 Å². The number of hydrogen-bond donors (Lipinski definition) is 1. The van der Waals surface area contributed by atoms with Crippen molar-refractivity contribution in [3.8, 4) is 0 Å². The highest BCUT2D eigenvalue weighted by Crippen LogP contribution is 2.36. The van der Waals surface area contributed by atoms with Crippen molar-refractivity contribution < 1.29 is 9.59 Å². The summed E-state index contributed by atoms with van der Waals surface area (Å²) < 4.78 is 0. The largest absolute Gasteiger partial charge is 0.384 e. The molecule has 0 aliphatic carbocycles. The summed E-state index contributed by atoms with van der Waals surface area (Å²) in [6.07, 6.45) is 1.81. The zero-order valence-corrected chi connectivity index (χ0v) is 18.5.